The fraction of sp³-hybridized carbons (Fsp3) is 0. The average molecular weight is 1950 g/mol. The van der Waals surface area contributed by atoms with E-state index in [2.05, 4.69) is 527 Å². The molecule has 692 valence electrons. The van der Waals surface area contributed by atoms with Gasteiger partial charge in [-0.3, -0.25) is 0 Å². The maximum absolute atomic E-state index is 7.14. The van der Waals surface area contributed by atoms with Gasteiger partial charge in [0.15, 0.2) is 0 Å². The van der Waals surface area contributed by atoms with Crippen LogP contribution in [0.25, 0.3) is 168 Å². The number of benzene rings is 23. The number of furan rings is 3. The highest BCUT2D eigenvalue weighted by Gasteiger charge is 2.29. The summed E-state index contributed by atoms with van der Waals surface area (Å²) in [4.78, 5) is 14.2. The second-order valence-corrected chi connectivity index (χ2v) is 41.6. The van der Waals surface area contributed by atoms with E-state index in [0.717, 1.165) is 179 Å². The molecule has 0 spiro atoms. The molecular weight excluding hydrogens is 1870 g/mol. The van der Waals surface area contributed by atoms with Crippen LogP contribution in [0.1, 0.15) is 0 Å². The normalized spacial score (nSPS) is 11.8. The summed E-state index contributed by atoms with van der Waals surface area (Å²) < 4.78 is 30.3. The summed E-state index contributed by atoms with van der Waals surface area (Å²) >= 11 is 7.36. The van der Waals surface area contributed by atoms with E-state index in [1.54, 1.807) is 0 Å². The van der Waals surface area contributed by atoms with E-state index in [9.17, 15) is 0 Å². The third-order valence-electron chi connectivity index (χ3n) is 28.8. The molecule has 0 atom stereocenters. The van der Waals surface area contributed by atoms with Gasteiger partial charge in [-0.05, 0) is 242 Å². The third-order valence-corrected chi connectivity index (χ3v) is 33.4. The Labute approximate surface area is 861 Å². The Hall–Kier alpha value is -18.3. The van der Waals surface area contributed by atoms with Gasteiger partial charge in [0.25, 0.3) is 0 Å². The van der Waals surface area contributed by atoms with Crippen LogP contribution in [0.4, 0.5) is 102 Å². The molecule has 0 saturated heterocycles. The number of rotatable bonds is 18. The van der Waals surface area contributed by atoms with Crippen molar-refractivity contribution >= 4 is 316 Å². The zero-order valence-electron chi connectivity index (χ0n) is 79.0. The average Bonchev–Trinajstić information content (AvgIpc) is 1.60. The first-order valence-electron chi connectivity index (χ1n) is 49.4. The number of fused-ring (bicyclic) bond motifs is 24. The lowest BCUT2D eigenvalue weighted by Gasteiger charge is -2.28. The van der Waals surface area contributed by atoms with Crippen molar-refractivity contribution in [3.05, 3.63) is 510 Å². The molecule has 0 N–H and O–H groups in total. The van der Waals surface area contributed by atoms with Crippen LogP contribution in [0.5, 0.6) is 0 Å². The number of hydrogen-bond donors (Lipinski definition) is 0. The summed E-state index contributed by atoms with van der Waals surface area (Å²) in [5, 5.41) is 21.1. The maximum atomic E-state index is 7.14. The van der Waals surface area contributed by atoms with Crippen molar-refractivity contribution < 1.29 is 13.3 Å². The molecule has 0 amide bonds. The molecule has 0 aliphatic carbocycles. The van der Waals surface area contributed by atoms with Gasteiger partial charge in [0.1, 0.15) is 33.5 Å². The van der Waals surface area contributed by atoms with Gasteiger partial charge in [0.2, 0.25) is 0 Å². The van der Waals surface area contributed by atoms with Crippen LogP contribution in [0, 0.1) is 0 Å². The molecule has 0 fully saturated rings. The third kappa shape index (κ3) is 14.8. The second kappa shape index (κ2) is 35.4. The number of nitrogens with zero attached hydrogens (tertiary/aromatic N) is 6. The molecule has 30 aromatic rings. The molecule has 0 radical (unpaired) electrons. The van der Waals surface area contributed by atoms with Crippen molar-refractivity contribution in [2.24, 2.45) is 0 Å². The Morgan fingerprint density at radius 2 is 0.435 bits per heavy atom. The highest BCUT2D eigenvalue weighted by Crippen LogP contribution is 2.55. The van der Waals surface area contributed by atoms with E-state index in [4.69, 9.17) is 13.3 Å². The minimum Gasteiger partial charge on any atom is -0.456 e. The molecule has 7 aromatic heterocycles. The standard InChI is InChI=1S/C68H43N3OS2.C66H41N3O2S2/c1-4-20-45(21-5-1)69(46-22-6-2-7-23-46)48-36-39-65-58(40-48)55-38-35-50(42-66(55)73-65)70(61-32-17-30-57-54-28-14-15-33-64(54)74-68(57)61)49-34-37-53-59-43-62(52-27-12-13-29-56(52)67(59)72-63(53)41-49)71(47-24-8-3-9-25-47)60-31-16-19-44-18-10-11-26-51(44)60;1-4-14-42(15-5-1)67(47-24-30-52-51-20-10-12-22-59(51)70-61(52)38-47)46-29-35-64-58(37-46)56-33-27-50(41-66(56)73-64)69(44-18-8-3-9-19-44)48-25-31-53-57-36-45(28-34-60(57)71-62(53)39-48)68(43-16-6-2-7-17-43)49-26-32-55-54-21-11-13-23-63(54)72-65(55)40-49/h1-43H;1-41H. The van der Waals surface area contributed by atoms with Gasteiger partial charge in [-0.25, -0.2) is 0 Å². The van der Waals surface area contributed by atoms with Crippen molar-refractivity contribution in [3.63, 3.8) is 0 Å². The van der Waals surface area contributed by atoms with E-state index in [-0.39, 0.29) is 0 Å². The smallest absolute Gasteiger partial charge is 0.143 e. The van der Waals surface area contributed by atoms with Crippen LogP contribution in [0.2, 0.25) is 0 Å². The maximum Gasteiger partial charge on any atom is 0.143 e. The van der Waals surface area contributed by atoms with Gasteiger partial charge in [-0.2, -0.15) is 0 Å². The van der Waals surface area contributed by atoms with E-state index in [1.165, 1.54) is 91.5 Å². The molecule has 0 aliphatic heterocycles. The Morgan fingerprint density at radius 3 is 0.959 bits per heavy atom. The van der Waals surface area contributed by atoms with Crippen molar-refractivity contribution in [1.82, 2.24) is 0 Å². The van der Waals surface area contributed by atoms with Gasteiger partial charge in [0.05, 0.1) is 21.8 Å². The summed E-state index contributed by atoms with van der Waals surface area (Å²) in [6.07, 6.45) is 0. The largest absolute Gasteiger partial charge is 0.456 e. The van der Waals surface area contributed by atoms with Crippen LogP contribution in [-0.2, 0) is 0 Å². The highest BCUT2D eigenvalue weighted by atomic mass is 32.1. The molecule has 9 nitrogen and oxygen atoms in total. The van der Waals surface area contributed by atoms with Crippen LogP contribution in [0.3, 0.4) is 0 Å². The van der Waals surface area contributed by atoms with Crippen LogP contribution >= 0.6 is 45.3 Å². The van der Waals surface area contributed by atoms with Crippen LogP contribution < -0.4 is 29.4 Å². The van der Waals surface area contributed by atoms with Crippen molar-refractivity contribution in [1.29, 1.82) is 0 Å². The Bertz CT molecular complexity index is 10100. The molecule has 0 aliphatic rings. The quantitative estimate of drug-likeness (QED) is 0.0836. The zero-order chi connectivity index (χ0) is 96.7. The van der Waals surface area contributed by atoms with Gasteiger partial charge in [-0.15, -0.1) is 45.3 Å². The minimum absolute atomic E-state index is 0.835. The van der Waals surface area contributed by atoms with Gasteiger partial charge in [0, 0.05) is 228 Å². The number of thiophene rings is 4. The summed E-state index contributed by atoms with van der Waals surface area (Å²) in [6.45, 7) is 0. The lowest BCUT2D eigenvalue weighted by atomic mass is 10.0. The molecule has 147 heavy (non-hydrogen) atoms. The van der Waals surface area contributed by atoms with Gasteiger partial charge < -0.3 is 42.7 Å². The fourth-order valence-electron chi connectivity index (χ4n) is 22.1. The molecule has 13 heteroatoms. The molecule has 0 saturated carbocycles. The lowest BCUT2D eigenvalue weighted by molar-refractivity contribution is 0.668. The Balaban J connectivity index is 0.000000139. The predicted octanol–water partition coefficient (Wildman–Crippen LogP) is 41.7. The van der Waals surface area contributed by atoms with E-state index < -0.39 is 0 Å². The van der Waals surface area contributed by atoms with Crippen molar-refractivity contribution in [2.75, 3.05) is 29.4 Å². The number of para-hydroxylation sites is 7. The van der Waals surface area contributed by atoms with Gasteiger partial charge in [-0.1, -0.05) is 255 Å². The fourth-order valence-corrected chi connectivity index (χ4v) is 26.7. The number of hydrogen-bond acceptors (Lipinski definition) is 13. The van der Waals surface area contributed by atoms with Crippen molar-refractivity contribution in [3.8, 4) is 0 Å². The van der Waals surface area contributed by atoms with Crippen LogP contribution in [0.15, 0.2) is 523 Å². The highest BCUT2D eigenvalue weighted by molar-refractivity contribution is 7.27. The van der Waals surface area contributed by atoms with E-state index in [1.807, 2.05) is 57.5 Å². The first-order valence-corrected chi connectivity index (χ1v) is 52.7. The summed E-state index contributed by atoms with van der Waals surface area (Å²) in [5.41, 5.74) is 24.7. The van der Waals surface area contributed by atoms with E-state index >= 15 is 0 Å². The van der Waals surface area contributed by atoms with Crippen molar-refractivity contribution in [2.45, 2.75) is 0 Å². The van der Waals surface area contributed by atoms with Crippen LogP contribution in [-0.4, -0.2) is 0 Å². The SMILES string of the molecule is c1ccc(N(c2ccc3c(c2)oc2ccc(N(c4ccccc4)c4ccc5c(c4)sc4ccccc45)cc23)c2ccc3c(c2)sc2ccc(N(c4ccccc4)c4ccc5c(c4)oc4ccccc45)cc23)cc1.c1ccc(N(c2ccccc2)c2ccc3sc4cc(N(c5ccc6c(c5)oc5c7ccccc7c(N(c7ccccc7)c7cccc8ccccc78)cc65)c5cccc6c5sc5ccccc56)ccc4c3c2)cc1. The predicted molar refractivity (Wildman–Crippen MR) is 629 cm³/mol. The minimum atomic E-state index is 0.835. The van der Waals surface area contributed by atoms with E-state index in [0.29, 0.717) is 0 Å². The monoisotopic (exact) mass is 1950 g/mol. The molecule has 7 heterocycles. The molecule has 0 bridgehead atoms. The van der Waals surface area contributed by atoms with Gasteiger partial charge >= 0.3 is 0 Å². The first-order chi connectivity index (χ1) is 72.8. The first kappa shape index (κ1) is 85.4. The summed E-state index contributed by atoms with van der Waals surface area (Å²) in [5.74, 6) is 0. The lowest BCUT2D eigenvalue weighted by Crippen LogP contribution is -2.11. The molecular formula is C134H84N6O3S4. The summed E-state index contributed by atoms with van der Waals surface area (Å²) in [6, 6.07) is 184. The Morgan fingerprint density at radius 1 is 0.129 bits per heavy atom. The molecule has 23 aromatic carbocycles. The molecule has 0 unspecified atom stereocenters. The topological polar surface area (TPSA) is 58.9 Å². The zero-order valence-corrected chi connectivity index (χ0v) is 82.3. The summed E-state index contributed by atoms with van der Waals surface area (Å²) in [7, 11) is 0. The molecule has 30 rings (SSSR count). The Kier molecular flexibility index (Phi) is 20.6. The second-order valence-electron chi connectivity index (χ2n) is 37.3. The number of anilines is 18.